The van der Waals surface area contributed by atoms with Gasteiger partial charge in [0.2, 0.25) is 6.54 Å². The third-order valence-electron chi connectivity index (χ3n) is 2.84. The second-order valence-corrected chi connectivity index (χ2v) is 4.42. The number of aromatic nitrogens is 1. The summed E-state index contributed by atoms with van der Waals surface area (Å²) >= 11 is 0. The highest BCUT2D eigenvalue weighted by Gasteiger charge is 2.12. The van der Waals surface area contributed by atoms with Gasteiger partial charge in [-0.05, 0) is 24.3 Å². The number of aryl methyl sites for hydroxylation is 1. The molecule has 0 spiro atoms. The molecule has 0 saturated heterocycles. The molecule has 1 heterocycles. The SMILES string of the molecule is Cc1cccc[n+]1CC(=O)Nc1ccc(OC(F)F)cc1. The van der Waals surface area contributed by atoms with E-state index >= 15 is 0 Å². The van der Waals surface area contributed by atoms with Gasteiger partial charge in [-0.3, -0.25) is 4.79 Å². The van der Waals surface area contributed by atoms with Gasteiger partial charge in [-0.25, -0.2) is 0 Å². The van der Waals surface area contributed by atoms with Crippen molar-refractivity contribution in [2.75, 3.05) is 5.32 Å². The van der Waals surface area contributed by atoms with Crippen molar-refractivity contribution < 1.29 is 22.9 Å². The summed E-state index contributed by atoms with van der Waals surface area (Å²) in [6.45, 7) is -0.769. The van der Waals surface area contributed by atoms with Gasteiger partial charge < -0.3 is 10.1 Å². The number of carbonyl (C=O) groups is 1. The van der Waals surface area contributed by atoms with Gasteiger partial charge in [0.05, 0.1) is 0 Å². The van der Waals surface area contributed by atoms with Gasteiger partial charge in [-0.2, -0.15) is 13.3 Å². The number of alkyl halides is 2. The highest BCUT2D eigenvalue weighted by molar-refractivity contribution is 5.89. The molecule has 0 unspecified atom stereocenters. The molecule has 1 amide bonds. The van der Waals surface area contributed by atoms with Crippen LogP contribution >= 0.6 is 0 Å². The van der Waals surface area contributed by atoms with Crippen molar-refractivity contribution in [3.05, 3.63) is 54.4 Å². The summed E-state index contributed by atoms with van der Waals surface area (Å²) in [4.78, 5) is 11.9. The average molecular weight is 293 g/mol. The number of benzene rings is 1. The van der Waals surface area contributed by atoms with Crippen molar-refractivity contribution in [3.8, 4) is 5.75 Å². The molecule has 0 aliphatic heterocycles. The van der Waals surface area contributed by atoms with E-state index in [2.05, 4.69) is 10.1 Å². The lowest BCUT2D eigenvalue weighted by Gasteiger charge is -2.07. The van der Waals surface area contributed by atoms with Crippen molar-refractivity contribution in [1.82, 2.24) is 0 Å². The molecule has 1 aromatic heterocycles. The lowest BCUT2D eigenvalue weighted by Crippen LogP contribution is -2.42. The van der Waals surface area contributed by atoms with Crippen LogP contribution in [0, 0.1) is 6.92 Å². The number of pyridine rings is 1. The summed E-state index contributed by atoms with van der Waals surface area (Å²) in [6, 6.07) is 11.4. The molecule has 0 bridgehead atoms. The fourth-order valence-electron chi connectivity index (χ4n) is 1.81. The van der Waals surface area contributed by atoms with E-state index in [9.17, 15) is 13.6 Å². The predicted molar refractivity (Wildman–Crippen MR) is 73.1 cm³/mol. The maximum Gasteiger partial charge on any atom is 0.387 e. The maximum atomic E-state index is 12.0. The zero-order valence-electron chi connectivity index (χ0n) is 11.4. The minimum atomic E-state index is -2.86. The molecule has 21 heavy (non-hydrogen) atoms. The molecule has 4 nitrogen and oxygen atoms in total. The van der Waals surface area contributed by atoms with Gasteiger partial charge in [0, 0.05) is 24.7 Å². The summed E-state index contributed by atoms with van der Waals surface area (Å²) in [5, 5.41) is 2.70. The molecule has 0 atom stereocenters. The Morgan fingerprint density at radius 3 is 2.57 bits per heavy atom. The number of anilines is 1. The topological polar surface area (TPSA) is 42.2 Å². The number of halogens is 2. The fourth-order valence-corrected chi connectivity index (χ4v) is 1.81. The molecule has 6 heteroatoms. The molecule has 0 fully saturated rings. The van der Waals surface area contributed by atoms with E-state index in [-0.39, 0.29) is 18.2 Å². The molecule has 0 saturated carbocycles. The summed E-state index contributed by atoms with van der Waals surface area (Å²) in [6.07, 6.45) is 1.81. The first-order valence-electron chi connectivity index (χ1n) is 6.34. The first-order valence-corrected chi connectivity index (χ1v) is 6.34. The zero-order chi connectivity index (χ0) is 15.2. The quantitative estimate of drug-likeness (QED) is 0.861. The first-order chi connectivity index (χ1) is 10.0. The predicted octanol–water partition coefficient (Wildman–Crippen LogP) is 2.52. The molecule has 0 aliphatic rings. The number of ether oxygens (including phenoxy) is 1. The van der Waals surface area contributed by atoms with Gasteiger partial charge in [0.1, 0.15) is 5.75 Å². The van der Waals surface area contributed by atoms with Gasteiger partial charge in [-0.1, -0.05) is 6.07 Å². The zero-order valence-corrected chi connectivity index (χ0v) is 11.4. The van der Waals surface area contributed by atoms with Crippen molar-refractivity contribution in [3.63, 3.8) is 0 Å². The lowest BCUT2D eigenvalue weighted by atomic mass is 10.3. The Balaban J connectivity index is 1.95. The number of carbonyl (C=O) groups excluding carboxylic acids is 1. The maximum absolute atomic E-state index is 12.0. The van der Waals surface area contributed by atoms with Crippen LogP contribution in [0.4, 0.5) is 14.5 Å². The monoisotopic (exact) mass is 293 g/mol. The molecule has 2 aromatic rings. The van der Waals surface area contributed by atoms with E-state index < -0.39 is 6.61 Å². The van der Waals surface area contributed by atoms with Crippen molar-refractivity contribution in [1.29, 1.82) is 0 Å². The molecule has 1 aromatic carbocycles. The Morgan fingerprint density at radius 1 is 1.24 bits per heavy atom. The number of amides is 1. The number of nitrogens with zero attached hydrogens (tertiary/aromatic N) is 1. The fraction of sp³-hybridized carbons (Fsp3) is 0.200. The van der Waals surface area contributed by atoms with Gasteiger partial charge in [0.15, 0.2) is 11.9 Å². The normalized spacial score (nSPS) is 10.5. The Morgan fingerprint density at radius 2 is 1.95 bits per heavy atom. The number of hydrogen-bond acceptors (Lipinski definition) is 2. The highest BCUT2D eigenvalue weighted by atomic mass is 19.3. The van der Waals surface area contributed by atoms with E-state index in [1.165, 1.54) is 24.3 Å². The molecule has 2 rings (SSSR count). The summed E-state index contributed by atoms with van der Waals surface area (Å²) < 4.78 is 30.1. The van der Waals surface area contributed by atoms with Crippen LogP contribution in [0.3, 0.4) is 0 Å². The summed E-state index contributed by atoms with van der Waals surface area (Å²) in [5.41, 5.74) is 1.49. The molecule has 0 aliphatic carbocycles. The van der Waals surface area contributed by atoms with Crippen LogP contribution in [0.5, 0.6) is 5.75 Å². The molecule has 110 valence electrons. The second-order valence-electron chi connectivity index (χ2n) is 4.42. The van der Waals surface area contributed by atoms with Crippen LogP contribution in [-0.2, 0) is 11.3 Å². The minimum Gasteiger partial charge on any atom is -0.435 e. The van der Waals surface area contributed by atoms with E-state index in [1.807, 2.05) is 35.9 Å². The average Bonchev–Trinajstić information content (AvgIpc) is 2.43. The van der Waals surface area contributed by atoms with Gasteiger partial charge in [-0.15, -0.1) is 0 Å². The second kappa shape index (κ2) is 6.78. The highest BCUT2D eigenvalue weighted by Crippen LogP contribution is 2.17. The number of rotatable bonds is 5. The van der Waals surface area contributed by atoms with E-state index in [1.54, 1.807) is 0 Å². The third-order valence-corrected chi connectivity index (χ3v) is 2.84. The Bertz CT molecular complexity index is 615. The summed E-state index contributed by atoms with van der Waals surface area (Å²) in [5.74, 6) is -0.145. The van der Waals surface area contributed by atoms with Crippen LogP contribution in [-0.4, -0.2) is 12.5 Å². The first kappa shape index (κ1) is 14.9. The third kappa shape index (κ3) is 4.52. The van der Waals surface area contributed by atoms with Gasteiger partial charge in [0.25, 0.3) is 5.91 Å². The molecule has 1 N–H and O–H groups in total. The van der Waals surface area contributed by atoms with Crippen LogP contribution in [0.1, 0.15) is 5.69 Å². The van der Waals surface area contributed by atoms with Crippen molar-refractivity contribution in [2.24, 2.45) is 0 Å². The molecular weight excluding hydrogens is 278 g/mol. The minimum absolute atomic E-state index is 0.0521. The van der Waals surface area contributed by atoms with Crippen LogP contribution in [0.15, 0.2) is 48.7 Å². The van der Waals surface area contributed by atoms with Gasteiger partial charge >= 0.3 is 6.61 Å². The standard InChI is InChI=1S/C15H14F2N2O2/c1-11-4-2-3-9-19(11)10-14(20)18-12-5-7-13(8-6-12)21-15(16)17/h2-9,15H,10H2,1H3/p+1. The van der Waals surface area contributed by atoms with Crippen molar-refractivity contribution >= 4 is 11.6 Å². The molecular formula is C15H15F2N2O2+. The van der Waals surface area contributed by atoms with E-state index in [0.717, 1.165) is 5.69 Å². The van der Waals surface area contributed by atoms with E-state index in [4.69, 9.17) is 0 Å². The largest absolute Gasteiger partial charge is 0.435 e. The summed E-state index contributed by atoms with van der Waals surface area (Å²) in [7, 11) is 0. The van der Waals surface area contributed by atoms with Crippen LogP contribution in [0.2, 0.25) is 0 Å². The lowest BCUT2D eigenvalue weighted by molar-refractivity contribution is -0.690. The molecule has 0 radical (unpaired) electrons. The van der Waals surface area contributed by atoms with Crippen LogP contribution in [0.25, 0.3) is 0 Å². The van der Waals surface area contributed by atoms with Crippen LogP contribution < -0.4 is 14.6 Å². The van der Waals surface area contributed by atoms with Crippen molar-refractivity contribution in [2.45, 2.75) is 20.1 Å². The number of hydrogen-bond donors (Lipinski definition) is 1. The Kier molecular flexibility index (Phi) is 4.81. The van der Waals surface area contributed by atoms with E-state index in [0.29, 0.717) is 5.69 Å². The number of nitrogens with one attached hydrogen (secondary N) is 1. The Hall–Kier alpha value is -2.50. The smallest absolute Gasteiger partial charge is 0.387 e. The Labute approximate surface area is 121 Å².